The Bertz CT molecular complexity index is 572. The number of pyridine rings is 1. The summed E-state index contributed by atoms with van der Waals surface area (Å²) in [5, 5.41) is 9.73. The van der Waals surface area contributed by atoms with Gasteiger partial charge in [0.25, 0.3) is 0 Å². The van der Waals surface area contributed by atoms with Crippen LogP contribution in [0.4, 0.5) is 5.69 Å². The van der Waals surface area contributed by atoms with Crippen LogP contribution in [0.25, 0.3) is 0 Å². The number of carboxylic acids is 1. The zero-order valence-corrected chi connectivity index (χ0v) is 10.6. The molecule has 0 fully saturated rings. The largest absolute Gasteiger partial charge is 0.478 e. The molecule has 2 aromatic rings. The van der Waals surface area contributed by atoms with Crippen molar-refractivity contribution in [2.75, 3.05) is 4.72 Å². The monoisotopic (exact) mass is 260 g/mol. The molecule has 0 spiro atoms. The van der Waals surface area contributed by atoms with Crippen LogP contribution in [0, 0.1) is 6.92 Å². The first-order valence-electron chi connectivity index (χ1n) is 5.35. The second-order valence-electron chi connectivity index (χ2n) is 3.71. The number of nitrogens with one attached hydrogen (secondary N) is 1. The van der Waals surface area contributed by atoms with E-state index in [4.69, 9.17) is 5.11 Å². The molecule has 0 amide bonds. The number of hydrogen-bond donors (Lipinski definition) is 2. The second kappa shape index (κ2) is 5.55. The first kappa shape index (κ1) is 12.4. The zero-order valence-electron chi connectivity index (χ0n) is 9.75. The van der Waals surface area contributed by atoms with Gasteiger partial charge < -0.3 is 9.83 Å². The Kier molecular flexibility index (Phi) is 3.84. The van der Waals surface area contributed by atoms with E-state index in [9.17, 15) is 4.79 Å². The third kappa shape index (κ3) is 3.24. The molecule has 0 atom stereocenters. The minimum Gasteiger partial charge on any atom is -0.478 e. The molecule has 0 saturated heterocycles. The SMILES string of the molecule is Cc1cccc(SNc2cccc(C(=O)O)c2)n1. The topological polar surface area (TPSA) is 62.2 Å². The van der Waals surface area contributed by atoms with Gasteiger partial charge in [-0.05, 0) is 37.3 Å². The lowest BCUT2D eigenvalue weighted by atomic mass is 10.2. The standard InChI is InChI=1S/C13H12N2O2S/c1-9-4-2-7-12(14-9)18-15-11-6-3-5-10(8-11)13(16)17/h2-8,15H,1H3,(H,16,17). The van der Waals surface area contributed by atoms with Gasteiger partial charge in [0.05, 0.1) is 5.56 Å². The number of carboxylic acid groups (broad SMARTS) is 1. The van der Waals surface area contributed by atoms with Crippen LogP contribution in [0.15, 0.2) is 47.5 Å². The molecular weight excluding hydrogens is 248 g/mol. The van der Waals surface area contributed by atoms with Crippen LogP contribution in [-0.4, -0.2) is 16.1 Å². The molecule has 0 unspecified atom stereocenters. The van der Waals surface area contributed by atoms with Crippen molar-refractivity contribution in [2.24, 2.45) is 0 Å². The lowest BCUT2D eigenvalue weighted by Crippen LogP contribution is -1.97. The van der Waals surface area contributed by atoms with Crippen molar-refractivity contribution < 1.29 is 9.90 Å². The zero-order chi connectivity index (χ0) is 13.0. The molecule has 1 aromatic carbocycles. The molecule has 18 heavy (non-hydrogen) atoms. The molecule has 2 N–H and O–H groups in total. The van der Waals surface area contributed by atoms with Crippen LogP contribution in [0.5, 0.6) is 0 Å². The van der Waals surface area contributed by atoms with Gasteiger partial charge in [0.2, 0.25) is 0 Å². The van der Waals surface area contributed by atoms with E-state index >= 15 is 0 Å². The number of aromatic carboxylic acids is 1. The van der Waals surface area contributed by atoms with Crippen molar-refractivity contribution in [3.8, 4) is 0 Å². The van der Waals surface area contributed by atoms with Gasteiger partial charge in [0, 0.05) is 23.3 Å². The highest BCUT2D eigenvalue weighted by molar-refractivity contribution is 8.00. The van der Waals surface area contributed by atoms with Crippen molar-refractivity contribution in [1.29, 1.82) is 0 Å². The van der Waals surface area contributed by atoms with Crippen LogP contribution in [0.3, 0.4) is 0 Å². The first-order chi connectivity index (χ1) is 8.65. The first-order valence-corrected chi connectivity index (χ1v) is 6.17. The minimum atomic E-state index is -0.933. The summed E-state index contributed by atoms with van der Waals surface area (Å²) in [6.45, 7) is 1.93. The van der Waals surface area contributed by atoms with Gasteiger partial charge in [-0.2, -0.15) is 0 Å². The van der Waals surface area contributed by atoms with E-state index in [1.54, 1.807) is 18.2 Å². The predicted octanol–water partition coefficient (Wildman–Crippen LogP) is 3.21. The summed E-state index contributed by atoms with van der Waals surface area (Å²) in [4.78, 5) is 15.2. The van der Waals surface area contributed by atoms with Crippen LogP contribution in [-0.2, 0) is 0 Å². The van der Waals surface area contributed by atoms with Gasteiger partial charge >= 0.3 is 5.97 Å². The molecule has 1 heterocycles. The third-order valence-corrected chi connectivity index (χ3v) is 3.02. The number of rotatable bonds is 4. The lowest BCUT2D eigenvalue weighted by Gasteiger charge is -2.05. The van der Waals surface area contributed by atoms with Gasteiger partial charge in [-0.25, -0.2) is 9.78 Å². The number of hydrogen-bond acceptors (Lipinski definition) is 4. The molecule has 5 heteroatoms. The van der Waals surface area contributed by atoms with E-state index in [1.165, 1.54) is 11.9 Å². The van der Waals surface area contributed by atoms with Crippen molar-refractivity contribution >= 4 is 23.6 Å². The maximum Gasteiger partial charge on any atom is 0.335 e. The molecule has 2 rings (SSSR count). The highest BCUT2D eigenvalue weighted by Crippen LogP contribution is 2.20. The van der Waals surface area contributed by atoms with Gasteiger partial charge in [-0.3, -0.25) is 0 Å². The molecule has 0 bridgehead atoms. The number of nitrogens with zero attached hydrogens (tertiary/aromatic N) is 1. The van der Waals surface area contributed by atoms with E-state index in [0.29, 0.717) is 0 Å². The average Bonchev–Trinajstić information content (AvgIpc) is 2.37. The van der Waals surface area contributed by atoms with Crippen LogP contribution in [0.2, 0.25) is 0 Å². The lowest BCUT2D eigenvalue weighted by molar-refractivity contribution is 0.0697. The van der Waals surface area contributed by atoms with Crippen molar-refractivity contribution in [2.45, 2.75) is 11.9 Å². The van der Waals surface area contributed by atoms with Crippen LogP contribution >= 0.6 is 11.9 Å². The summed E-state index contributed by atoms with van der Waals surface area (Å²) in [5.41, 5.74) is 1.95. The summed E-state index contributed by atoms with van der Waals surface area (Å²) in [7, 11) is 0. The summed E-state index contributed by atoms with van der Waals surface area (Å²) in [6, 6.07) is 12.4. The molecule has 1 aromatic heterocycles. The molecule has 0 aliphatic rings. The highest BCUT2D eigenvalue weighted by atomic mass is 32.2. The Hall–Kier alpha value is -2.01. The Morgan fingerprint density at radius 3 is 2.78 bits per heavy atom. The molecule has 0 saturated carbocycles. The van der Waals surface area contributed by atoms with Crippen LogP contribution < -0.4 is 4.72 Å². The van der Waals surface area contributed by atoms with Gasteiger partial charge in [-0.15, -0.1) is 0 Å². The third-order valence-electron chi connectivity index (χ3n) is 2.25. The van der Waals surface area contributed by atoms with E-state index in [2.05, 4.69) is 9.71 Å². The molecule has 0 radical (unpaired) electrons. The fourth-order valence-corrected chi connectivity index (χ4v) is 2.09. The highest BCUT2D eigenvalue weighted by Gasteiger charge is 2.03. The normalized spacial score (nSPS) is 10.1. The van der Waals surface area contributed by atoms with Crippen molar-refractivity contribution in [1.82, 2.24) is 4.98 Å². The molecule has 0 aliphatic heterocycles. The quantitative estimate of drug-likeness (QED) is 0.826. The number of aryl methyl sites for hydroxylation is 1. The predicted molar refractivity (Wildman–Crippen MR) is 71.9 cm³/mol. The summed E-state index contributed by atoms with van der Waals surface area (Å²) in [5.74, 6) is -0.933. The Labute approximate surface area is 109 Å². The fraction of sp³-hybridized carbons (Fsp3) is 0.0769. The molecule has 4 nitrogen and oxygen atoms in total. The van der Waals surface area contributed by atoms with E-state index in [1.807, 2.05) is 31.2 Å². The number of anilines is 1. The van der Waals surface area contributed by atoms with E-state index < -0.39 is 5.97 Å². The Morgan fingerprint density at radius 2 is 2.06 bits per heavy atom. The smallest absolute Gasteiger partial charge is 0.335 e. The molecule has 92 valence electrons. The van der Waals surface area contributed by atoms with Crippen LogP contribution in [0.1, 0.15) is 16.1 Å². The fourth-order valence-electron chi connectivity index (χ4n) is 1.40. The minimum absolute atomic E-state index is 0.262. The molecular formula is C13H12N2O2S. The molecule has 0 aliphatic carbocycles. The summed E-state index contributed by atoms with van der Waals surface area (Å²) >= 11 is 1.35. The second-order valence-corrected chi connectivity index (χ2v) is 4.53. The van der Waals surface area contributed by atoms with E-state index in [-0.39, 0.29) is 5.56 Å². The summed E-state index contributed by atoms with van der Waals surface area (Å²) in [6.07, 6.45) is 0. The maximum atomic E-state index is 10.8. The summed E-state index contributed by atoms with van der Waals surface area (Å²) < 4.78 is 3.07. The van der Waals surface area contributed by atoms with Gasteiger partial charge in [-0.1, -0.05) is 12.1 Å². The number of aromatic nitrogens is 1. The number of carbonyl (C=O) groups is 1. The Balaban J connectivity index is 2.06. The van der Waals surface area contributed by atoms with E-state index in [0.717, 1.165) is 16.4 Å². The van der Waals surface area contributed by atoms with Crippen molar-refractivity contribution in [3.05, 3.63) is 53.7 Å². The van der Waals surface area contributed by atoms with Gasteiger partial charge in [0.15, 0.2) is 0 Å². The number of benzene rings is 1. The average molecular weight is 260 g/mol. The Morgan fingerprint density at radius 1 is 1.28 bits per heavy atom. The van der Waals surface area contributed by atoms with Gasteiger partial charge in [0.1, 0.15) is 5.03 Å². The maximum absolute atomic E-state index is 10.8. The van der Waals surface area contributed by atoms with Crippen molar-refractivity contribution in [3.63, 3.8) is 0 Å².